The summed E-state index contributed by atoms with van der Waals surface area (Å²) in [6.07, 6.45) is 0.975. The Labute approximate surface area is 121 Å². The van der Waals surface area contributed by atoms with Crippen LogP contribution >= 0.6 is 0 Å². The summed E-state index contributed by atoms with van der Waals surface area (Å²) in [5.41, 5.74) is 2.57. The van der Waals surface area contributed by atoms with Gasteiger partial charge in [0.25, 0.3) is 0 Å². The number of nitrogens with zero attached hydrogens (tertiary/aromatic N) is 1. The van der Waals surface area contributed by atoms with Gasteiger partial charge in [-0.2, -0.15) is 0 Å². The number of amides is 1. The molecule has 4 nitrogen and oxygen atoms in total. The summed E-state index contributed by atoms with van der Waals surface area (Å²) in [5.74, 6) is 0.145. The number of rotatable bonds is 5. The number of benzene rings is 1. The van der Waals surface area contributed by atoms with Gasteiger partial charge in [0, 0.05) is 20.1 Å². The van der Waals surface area contributed by atoms with Crippen LogP contribution in [0.2, 0.25) is 0 Å². The summed E-state index contributed by atoms with van der Waals surface area (Å²) in [4.78, 5) is 14.1. The van der Waals surface area contributed by atoms with Crippen molar-refractivity contribution in [2.75, 3.05) is 20.2 Å². The Morgan fingerprint density at radius 3 is 2.80 bits per heavy atom. The summed E-state index contributed by atoms with van der Waals surface area (Å²) in [5, 5.41) is 3.32. The van der Waals surface area contributed by atoms with Crippen molar-refractivity contribution in [1.82, 2.24) is 10.2 Å². The molecule has 20 heavy (non-hydrogen) atoms. The van der Waals surface area contributed by atoms with Crippen molar-refractivity contribution in [1.29, 1.82) is 0 Å². The number of nitrogens with one attached hydrogen (secondary N) is 1. The Morgan fingerprint density at radius 2 is 2.10 bits per heavy atom. The number of fused-ring (bicyclic) bond motifs is 1. The van der Waals surface area contributed by atoms with Crippen molar-refractivity contribution in [3.63, 3.8) is 0 Å². The van der Waals surface area contributed by atoms with Gasteiger partial charge in [0.2, 0.25) is 5.91 Å². The Morgan fingerprint density at radius 1 is 1.40 bits per heavy atom. The van der Waals surface area contributed by atoms with Gasteiger partial charge < -0.3 is 15.0 Å². The summed E-state index contributed by atoms with van der Waals surface area (Å²) < 4.78 is 5.49. The summed E-state index contributed by atoms with van der Waals surface area (Å²) in [6, 6.07) is 8.18. The van der Waals surface area contributed by atoms with E-state index < -0.39 is 0 Å². The molecule has 1 heterocycles. The Kier molecular flexibility index (Phi) is 5.15. The number of ether oxygens (including phenoxy) is 1. The molecule has 1 aromatic carbocycles. The molecule has 0 radical (unpaired) electrons. The van der Waals surface area contributed by atoms with E-state index in [4.69, 9.17) is 4.74 Å². The van der Waals surface area contributed by atoms with Gasteiger partial charge in [-0.25, -0.2) is 0 Å². The van der Waals surface area contributed by atoms with E-state index in [9.17, 15) is 4.79 Å². The van der Waals surface area contributed by atoms with Crippen LogP contribution in [0.25, 0.3) is 0 Å². The molecule has 0 spiro atoms. The molecule has 1 aliphatic rings. The minimum atomic E-state index is -0.117. The predicted octanol–water partition coefficient (Wildman–Crippen LogP) is 1.58. The van der Waals surface area contributed by atoms with Crippen LogP contribution in [0.1, 0.15) is 25.0 Å². The van der Waals surface area contributed by atoms with Crippen molar-refractivity contribution in [3.05, 3.63) is 35.4 Å². The predicted molar refractivity (Wildman–Crippen MR) is 79.5 cm³/mol. The first-order chi connectivity index (χ1) is 9.58. The summed E-state index contributed by atoms with van der Waals surface area (Å²) in [6.45, 7) is 5.99. The first-order valence-corrected chi connectivity index (χ1v) is 7.24. The van der Waals surface area contributed by atoms with Gasteiger partial charge in [-0.3, -0.25) is 4.79 Å². The molecule has 1 amide bonds. The van der Waals surface area contributed by atoms with Crippen molar-refractivity contribution in [2.24, 2.45) is 0 Å². The Bertz CT molecular complexity index is 460. The lowest BCUT2D eigenvalue weighted by Crippen LogP contribution is -2.49. The highest BCUT2D eigenvalue weighted by molar-refractivity contribution is 5.82. The highest BCUT2D eigenvalue weighted by Crippen LogP contribution is 2.17. The van der Waals surface area contributed by atoms with Gasteiger partial charge in [0.05, 0.1) is 18.8 Å². The van der Waals surface area contributed by atoms with Gasteiger partial charge >= 0.3 is 0 Å². The first kappa shape index (κ1) is 15.0. The molecular formula is C16H24N2O2. The zero-order chi connectivity index (χ0) is 14.5. The van der Waals surface area contributed by atoms with Gasteiger partial charge in [-0.05, 0) is 31.4 Å². The van der Waals surface area contributed by atoms with Crippen LogP contribution in [0, 0.1) is 0 Å². The second kappa shape index (κ2) is 6.86. The minimum absolute atomic E-state index is 0.117. The zero-order valence-electron chi connectivity index (χ0n) is 12.6. The van der Waals surface area contributed by atoms with Crippen LogP contribution in [-0.4, -0.2) is 43.2 Å². The fourth-order valence-electron chi connectivity index (χ4n) is 2.43. The average molecular weight is 276 g/mol. The molecule has 0 unspecified atom stereocenters. The molecule has 1 aliphatic heterocycles. The molecule has 1 N–H and O–H groups in total. The molecule has 0 saturated carbocycles. The van der Waals surface area contributed by atoms with Gasteiger partial charge in [-0.15, -0.1) is 0 Å². The number of carbonyl (C=O) groups is 1. The van der Waals surface area contributed by atoms with Crippen molar-refractivity contribution in [2.45, 2.75) is 39.0 Å². The van der Waals surface area contributed by atoms with Crippen LogP contribution < -0.4 is 5.32 Å². The molecule has 0 aromatic heterocycles. The fourth-order valence-corrected chi connectivity index (χ4v) is 2.43. The summed E-state index contributed by atoms with van der Waals surface area (Å²) in [7, 11) is 1.84. The van der Waals surface area contributed by atoms with Crippen LogP contribution in [0.5, 0.6) is 0 Å². The third kappa shape index (κ3) is 3.81. The minimum Gasteiger partial charge on any atom is -0.377 e. The standard InChI is InChI=1S/C16H24N2O2/c1-12(2)20-9-8-18(3)16(19)15-10-13-6-4-5-7-14(13)11-17-15/h4-7,12,15,17H,8-11H2,1-3H3/t15-/m0/s1. The molecule has 2 rings (SSSR count). The number of likely N-dealkylation sites (N-methyl/N-ethyl adjacent to an activating group) is 1. The molecule has 4 heteroatoms. The highest BCUT2D eigenvalue weighted by Gasteiger charge is 2.26. The smallest absolute Gasteiger partial charge is 0.239 e. The monoisotopic (exact) mass is 276 g/mol. The fraction of sp³-hybridized carbons (Fsp3) is 0.562. The highest BCUT2D eigenvalue weighted by atomic mass is 16.5. The van der Waals surface area contributed by atoms with Crippen molar-refractivity contribution in [3.8, 4) is 0 Å². The maximum absolute atomic E-state index is 12.4. The largest absolute Gasteiger partial charge is 0.377 e. The van der Waals surface area contributed by atoms with Gasteiger partial charge in [0.1, 0.15) is 0 Å². The van der Waals surface area contributed by atoms with E-state index in [2.05, 4.69) is 17.4 Å². The molecule has 110 valence electrons. The van der Waals surface area contributed by atoms with Crippen LogP contribution in [0.4, 0.5) is 0 Å². The lowest BCUT2D eigenvalue weighted by atomic mass is 9.95. The van der Waals surface area contributed by atoms with Crippen molar-refractivity contribution < 1.29 is 9.53 Å². The SMILES string of the molecule is CC(C)OCCN(C)C(=O)[C@@H]1Cc2ccccc2CN1. The molecule has 0 fully saturated rings. The second-order valence-corrected chi connectivity index (χ2v) is 5.59. The number of hydrogen-bond donors (Lipinski definition) is 1. The van der Waals surface area contributed by atoms with Gasteiger partial charge in [0.15, 0.2) is 0 Å². The van der Waals surface area contributed by atoms with E-state index in [-0.39, 0.29) is 18.1 Å². The molecular weight excluding hydrogens is 252 g/mol. The lowest BCUT2D eigenvalue weighted by Gasteiger charge is -2.29. The van der Waals surface area contributed by atoms with E-state index in [1.807, 2.05) is 33.0 Å². The quantitative estimate of drug-likeness (QED) is 0.888. The number of hydrogen-bond acceptors (Lipinski definition) is 3. The second-order valence-electron chi connectivity index (χ2n) is 5.59. The molecule has 1 atom stereocenters. The Balaban J connectivity index is 1.87. The van der Waals surface area contributed by atoms with Gasteiger partial charge in [-0.1, -0.05) is 24.3 Å². The van der Waals surface area contributed by atoms with Crippen LogP contribution in [0.3, 0.4) is 0 Å². The summed E-state index contributed by atoms with van der Waals surface area (Å²) >= 11 is 0. The van der Waals surface area contributed by atoms with E-state index in [1.54, 1.807) is 4.90 Å². The normalized spacial score (nSPS) is 17.9. The van der Waals surface area contributed by atoms with Crippen LogP contribution in [-0.2, 0) is 22.5 Å². The Hall–Kier alpha value is -1.39. The molecule has 1 aromatic rings. The van der Waals surface area contributed by atoms with E-state index >= 15 is 0 Å². The maximum Gasteiger partial charge on any atom is 0.239 e. The lowest BCUT2D eigenvalue weighted by molar-refractivity contribution is -0.133. The molecule has 0 bridgehead atoms. The first-order valence-electron chi connectivity index (χ1n) is 7.24. The number of carbonyl (C=O) groups excluding carboxylic acids is 1. The van der Waals surface area contributed by atoms with E-state index in [0.717, 1.165) is 13.0 Å². The van der Waals surface area contributed by atoms with E-state index in [0.29, 0.717) is 13.2 Å². The topological polar surface area (TPSA) is 41.6 Å². The molecule has 0 saturated heterocycles. The van der Waals surface area contributed by atoms with Crippen molar-refractivity contribution >= 4 is 5.91 Å². The third-order valence-corrected chi connectivity index (χ3v) is 3.63. The average Bonchev–Trinajstić information content (AvgIpc) is 2.45. The maximum atomic E-state index is 12.4. The van der Waals surface area contributed by atoms with E-state index in [1.165, 1.54) is 11.1 Å². The third-order valence-electron chi connectivity index (χ3n) is 3.63. The zero-order valence-corrected chi connectivity index (χ0v) is 12.6. The molecule has 0 aliphatic carbocycles. The van der Waals surface area contributed by atoms with Crippen LogP contribution in [0.15, 0.2) is 24.3 Å².